The fourth-order valence-corrected chi connectivity index (χ4v) is 1.45. The van der Waals surface area contributed by atoms with Crippen molar-refractivity contribution in [3.8, 4) is 0 Å². The summed E-state index contributed by atoms with van der Waals surface area (Å²) in [6.45, 7) is 4.29. The lowest BCUT2D eigenvalue weighted by Crippen LogP contribution is -2.08. The first-order chi connectivity index (χ1) is 7.15. The van der Waals surface area contributed by atoms with E-state index >= 15 is 0 Å². The molecule has 0 aliphatic carbocycles. The lowest BCUT2D eigenvalue weighted by Gasteiger charge is -2.06. The van der Waals surface area contributed by atoms with Gasteiger partial charge in [-0.1, -0.05) is 17.7 Å². The molecule has 82 valence electrons. The van der Waals surface area contributed by atoms with Crippen molar-refractivity contribution in [2.24, 2.45) is 0 Å². The third kappa shape index (κ3) is 3.56. The maximum Gasteiger partial charge on any atom is 0.338 e. The fourth-order valence-electron chi connectivity index (χ4n) is 1.34. The van der Waals surface area contributed by atoms with Crippen molar-refractivity contribution in [2.45, 2.75) is 20.3 Å². The van der Waals surface area contributed by atoms with Crippen molar-refractivity contribution < 1.29 is 9.53 Å². The highest BCUT2D eigenvalue weighted by atomic mass is 35.5. The van der Waals surface area contributed by atoms with Gasteiger partial charge >= 0.3 is 5.97 Å². The number of carbonyl (C=O) groups is 1. The second kappa shape index (κ2) is 5.76. The minimum Gasteiger partial charge on any atom is -0.462 e. The first kappa shape index (κ1) is 12.1. The molecule has 1 aromatic carbocycles. The highest BCUT2D eigenvalue weighted by Crippen LogP contribution is 2.11. The normalized spacial score (nSPS) is 10.1. The van der Waals surface area contributed by atoms with Crippen LogP contribution in [0.3, 0.4) is 0 Å². The topological polar surface area (TPSA) is 26.3 Å². The Kier molecular flexibility index (Phi) is 4.63. The summed E-state index contributed by atoms with van der Waals surface area (Å²) < 4.78 is 5.07. The molecule has 0 radical (unpaired) electrons. The molecule has 0 N–H and O–H groups in total. The molecule has 0 bridgehead atoms. The van der Waals surface area contributed by atoms with E-state index in [1.807, 2.05) is 26.0 Å². The molecule has 3 heteroatoms. The van der Waals surface area contributed by atoms with Crippen LogP contribution in [0.5, 0.6) is 0 Å². The lowest BCUT2D eigenvalue weighted by molar-refractivity contribution is 0.0505. The summed E-state index contributed by atoms with van der Waals surface area (Å²) in [5, 5.41) is 0. The van der Waals surface area contributed by atoms with Gasteiger partial charge in [-0.05, 0) is 31.9 Å². The summed E-state index contributed by atoms with van der Waals surface area (Å²) in [6.07, 6.45) is 0.693. The minimum atomic E-state index is -0.266. The van der Waals surface area contributed by atoms with E-state index in [-0.39, 0.29) is 5.97 Å². The number of hydrogen-bond donors (Lipinski definition) is 0. The van der Waals surface area contributed by atoms with E-state index in [0.29, 0.717) is 24.5 Å². The Labute approximate surface area is 95.2 Å². The van der Waals surface area contributed by atoms with Crippen LogP contribution in [0.1, 0.15) is 27.9 Å². The number of alkyl halides is 1. The largest absolute Gasteiger partial charge is 0.462 e. The van der Waals surface area contributed by atoms with Crippen molar-refractivity contribution >= 4 is 17.6 Å². The molecule has 0 fully saturated rings. The molecular weight excluding hydrogens is 212 g/mol. The second-order valence-electron chi connectivity index (χ2n) is 3.50. The maximum atomic E-state index is 11.6. The third-order valence-electron chi connectivity index (χ3n) is 2.11. The quantitative estimate of drug-likeness (QED) is 0.448. The van der Waals surface area contributed by atoms with Gasteiger partial charge in [0.2, 0.25) is 0 Å². The SMILES string of the molecule is Cc1ccc(C(=O)OCCCCl)c(C)c1. The smallest absolute Gasteiger partial charge is 0.338 e. The summed E-state index contributed by atoms with van der Waals surface area (Å²) in [6, 6.07) is 5.68. The third-order valence-corrected chi connectivity index (χ3v) is 2.38. The Morgan fingerprint density at radius 1 is 1.40 bits per heavy atom. The van der Waals surface area contributed by atoms with E-state index in [1.54, 1.807) is 6.07 Å². The van der Waals surface area contributed by atoms with Gasteiger partial charge < -0.3 is 4.74 Å². The molecule has 0 saturated heterocycles. The second-order valence-corrected chi connectivity index (χ2v) is 3.87. The van der Waals surface area contributed by atoms with Crippen molar-refractivity contribution in [3.05, 3.63) is 34.9 Å². The first-order valence-corrected chi connectivity index (χ1v) is 5.49. The molecule has 0 aliphatic heterocycles. The van der Waals surface area contributed by atoms with E-state index in [2.05, 4.69) is 0 Å². The molecule has 0 aromatic heterocycles. The monoisotopic (exact) mass is 226 g/mol. The molecule has 2 nitrogen and oxygen atoms in total. The molecular formula is C12H15ClO2. The summed E-state index contributed by atoms with van der Waals surface area (Å²) in [4.78, 5) is 11.6. The fraction of sp³-hybridized carbons (Fsp3) is 0.417. The van der Waals surface area contributed by atoms with E-state index < -0.39 is 0 Å². The lowest BCUT2D eigenvalue weighted by atomic mass is 10.1. The zero-order valence-electron chi connectivity index (χ0n) is 9.05. The molecule has 0 saturated carbocycles. The van der Waals surface area contributed by atoms with Gasteiger partial charge in [-0.2, -0.15) is 0 Å². The molecule has 0 heterocycles. The highest BCUT2D eigenvalue weighted by molar-refractivity contribution is 6.17. The predicted molar refractivity (Wildman–Crippen MR) is 61.5 cm³/mol. The molecule has 1 aromatic rings. The zero-order chi connectivity index (χ0) is 11.3. The van der Waals surface area contributed by atoms with E-state index in [0.717, 1.165) is 11.1 Å². The van der Waals surface area contributed by atoms with Crippen LogP contribution in [0.2, 0.25) is 0 Å². The standard InChI is InChI=1S/C12H15ClO2/c1-9-4-5-11(10(2)8-9)12(14)15-7-3-6-13/h4-5,8H,3,6-7H2,1-2H3. The number of halogens is 1. The van der Waals surface area contributed by atoms with Crippen LogP contribution >= 0.6 is 11.6 Å². The predicted octanol–water partition coefficient (Wildman–Crippen LogP) is 3.09. The van der Waals surface area contributed by atoms with E-state index in [4.69, 9.17) is 16.3 Å². The van der Waals surface area contributed by atoms with Crippen LogP contribution in [-0.4, -0.2) is 18.5 Å². The number of rotatable bonds is 4. The van der Waals surface area contributed by atoms with Gasteiger partial charge in [0.1, 0.15) is 0 Å². The molecule has 1 rings (SSSR count). The molecule has 0 spiro atoms. The number of benzene rings is 1. The molecule has 0 atom stereocenters. The summed E-state index contributed by atoms with van der Waals surface area (Å²) in [5.41, 5.74) is 2.73. The molecule has 0 aliphatic rings. The number of ether oxygens (including phenoxy) is 1. The van der Waals surface area contributed by atoms with Crippen LogP contribution in [0.25, 0.3) is 0 Å². The van der Waals surface area contributed by atoms with Crippen molar-refractivity contribution in [3.63, 3.8) is 0 Å². The molecule has 0 unspecified atom stereocenters. The number of carbonyl (C=O) groups excluding carboxylic acids is 1. The number of hydrogen-bond acceptors (Lipinski definition) is 2. The van der Waals surface area contributed by atoms with E-state index in [9.17, 15) is 4.79 Å². The number of aryl methyl sites for hydroxylation is 2. The Morgan fingerprint density at radius 2 is 2.13 bits per heavy atom. The Hall–Kier alpha value is -1.02. The van der Waals surface area contributed by atoms with Crippen LogP contribution < -0.4 is 0 Å². The summed E-state index contributed by atoms with van der Waals surface area (Å²) >= 11 is 5.49. The van der Waals surface area contributed by atoms with Gasteiger partial charge in [-0.15, -0.1) is 11.6 Å². The van der Waals surface area contributed by atoms with Gasteiger partial charge in [0.15, 0.2) is 0 Å². The van der Waals surface area contributed by atoms with Crippen LogP contribution in [0.15, 0.2) is 18.2 Å². The van der Waals surface area contributed by atoms with Crippen molar-refractivity contribution in [2.75, 3.05) is 12.5 Å². The van der Waals surface area contributed by atoms with Crippen LogP contribution in [0.4, 0.5) is 0 Å². The zero-order valence-corrected chi connectivity index (χ0v) is 9.80. The van der Waals surface area contributed by atoms with Gasteiger partial charge in [0.05, 0.1) is 12.2 Å². The molecule has 15 heavy (non-hydrogen) atoms. The van der Waals surface area contributed by atoms with Crippen LogP contribution in [0, 0.1) is 13.8 Å². The van der Waals surface area contributed by atoms with Crippen molar-refractivity contribution in [1.29, 1.82) is 0 Å². The summed E-state index contributed by atoms with van der Waals surface area (Å²) in [5.74, 6) is 0.248. The Balaban J connectivity index is 2.65. The van der Waals surface area contributed by atoms with Gasteiger partial charge in [0, 0.05) is 5.88 Å². The minimum absolute atomic E-state index is 0.266. The number of esters is 1. The maximum absolute atomic E-state index is 11.6. The average molecular weight is 227 g/mol. The first-order valence-electron chi connectivity index (χ1n) is 4.95. The van der Waals surface area contributed by atoms with Gasteiger partial charge in [0.25, 0.3) is 0 Å². The summed E-state index contributed by atoms with van der Waals surface area (Å²) in [7, 11) is 0. The van der Waals surface area contributed by atoms with E-state index in [1.165, 1.54) is 0 Å². The Bertz CT molecular complexity index is 347. The van der Waals surface area contributed by atoms with Crippen molar-refractivity contribution in [1.82, 2.24) is 0 Å². The van der Waals surface area contributed by atoms with Gasteiger partial charge in [-0.25, -0.2) is 4.79 Å². The van der Waals surface area contributed by atoms with Crippen LogP contribution in [-0.2, 0) is 4.74 Å². The highest BCUT2D eigenvalue weighted by Gasteiger charge is 2.09. The molecule has 0 amide bonds. The van der Waals surface area contributed by atoms with Gasteiger partial charge in [-0.3, -0.25) is 0 Å². The average Bonchev–Trinajstić information content (AvgIpc) is 2.17. The Morgan fingerprint density at radius 3 is 2.73 bits per heavy atom.